The number of hydrogen-bond donors (Lipinski definition) is 1. The molecule has 0 saturated carbocycles. The Kier molecular flexibility index (Phi) is 3.94. The highest BCUT2D eigenvalue weighted by Crippen LogP contribution is 2.30. The van der Waals surface area contributed by atoms with E-state index in [0.717, 1.165) is 34.8 Å². The number of fused-ring (bicyclic) bond motifs is 1. The lowest BCUT2D eigenvalue weighted by molar-refractivity contribution is 0.451. The zero-order valence-corrected chi connectivity index (χ0v) is 13.1. The molecule has 4 nitrogen and oxygen atoms in total. The molecule has 0 fully saturated rings. The van der Waals surface area contributed by atoms with Crippen molar-refractivity contribution in [3.63, 3.8) is 0 Å². The van der Waals surface area contributed by atoms with Gasteiger partial charge in [0.15, 0.2) is 4.96 Å². The summed E-state index contributed by atoms with van der Waals surface area (Å²) in [5, 5.41) is 2.03. The molecule has 5 heteroatoms. The second kappa shape index (κ2) is 5.87. The van der Waals surface area contributed by atoms with Gasteiger partial charge in [-0.2, -0.15) is 4.98 Å². The summed E-state index contributed by atoms with van der Waals surface area (Å²) in [6, 6.07) is 8.08. The van der Waals surface area contributed by atoms with Crippen molar-refractivity contribution in [2.45, 2.75) is 32.7 Å². The maximum Gasteiger partial charge on any atom is 0.242 e. The van der Waals surface area contributed by atoms with Crippen molar-refractivity contribution < 1.29 is 4.74 Å². The Morgan fingerprint density at radius 1 is 1.38 bits per heavy atom. The summed E-state index contributed by atoms with van der Waals surface area (Å²) in [5.74, 6) is 1.51. The highest BCUT2D eigenvalue weighted by Gasteiger charge is 2.17. The van der Waals surface area contributed by atoms with E-state index < -0.39 is 0 Å². The van der Waals surface area contributed by atoms with Crippen LogP contribution in [0.3, 0.4) is 0 Å². The fourth-order valence-corrected chi connectivity index (χ4v) is 2.97. The van der Waals surface area contributed by atoms with Crippen LogP contribution in [0.25, 0.3) is 4.96 Å². The van der Waals surface area contributed by atoms with E-state index in [-0.39, 0.29) is 6.04 Å². The van der Waals surface area contributed by atoms with E-state index in [4.69, 9.17) is 10.5 Å². The van der Waals surface area contributed by atoms with E-state index in [0.29, 0.717) is 5.88 Å². The lowest BCUT2D eigenvalue weighted by atomic mass is 10.1. The monoisotopic (exact) mass is 301 g/mol. The van der Waals surface area contributed by atoms with Gasteiger partial charge in [0.1, 0.15) is 5.75 Å². The molecule has 0 spiro atoms. The molecule has 1 aromatic carbocycles. The van der Waals surface area contributed by atoms with Crippen molar-refractivity contribution in [2.75, 3.05) is 0 Å². The minimum Gasteiger partial charge on any atom is -0.437 e. The third-order valence-electron chi connectivity index (χ3n) is 3.60. The van der Waals surface area contributed by atoms with Gasteiger partial charge >= 0.3 is 0 Å². The van der Waals surface area contributed by atoms with Gasteiger partial charge in [-0.05, 0) is 25.0 Å². The molecule has 0 amide bonds. The van der Waals surface area contributed by atoms with Crippen LogP contribution in [-0.2, 0) is 6.42 Å². The Balaban J connectivity index is 1.99. The van der Waals surface area contributed by atoms with Crippen LogP contribution in [0.1, 0.15) is 24.6 Å². The zero-order chi connectivity index (χ0) is 14.8. The average Bonchev–Trinajstić information content (AvgIpc) is 3.04. The normalized spacial score (nSPS) is 12.7. The van der Waals surface area contributed by atoms with Crippen molar-refractivity contribution in [3.8, 4) is 11.6 Å². The van der Waals surface area contributed by atoms with Crippen molar-refractivity contribution >= 4 is 16.3 Å². The molecule has 21 heavy (non-hydrogen) atoms. The van der Waals surface area contributed by atoms with Crippen LogP contribution in [-0.4, -0.2) is 15.4 Å². The number of para-hydroxylation sites is 1. The number of rotatable bonds is 5. The van der Waals surface area contributed by atoms with Crippen molar-refractivity contribution in [1.29, 1.82) is 0 Å². The van der Waals surface area contributed by atoms with Gasteiger partial charge in [0.25, 0.3) is 0 Å². The number of thiazole rings is 1. The topological polar surface area (TPSA) is 52.5 Å². The van der Waals surface area contributed by atoms with E-state index in [1.807, 2.05) is 42.8 Å². The van der Waals surface area contributed by atoms with Crippen LogP contribution in [0.4, 0.5) is 0 Å². The summed E-state index contributed by atoms with van der Waals surface area (Å²) in [6.07, 6.45) is 3.71. The standard InChI is InChI=1S/C16H19N3OS/c1-3-12(17)10-13-15(18-16-19(13)8-9-21-16)20-14-7-5-4-6-11(14)2/h4-9,12H,3,10,17H2,1-2H3. The lowest BCUT2D eigenvalue weighted by Crippen LogP contribution is -2.22. The lowest BCUT2D eigenvalue weighted by Gasteiger charge is -2.11. The maximum absolute atomic E-state index is 6.12. The predicted octanol–water partition coefficient (Wildman–Crippen LogP) is 3.78. The third kappa shape index (κ3) is 2.80. The summed E-state index contributed by atoms with van der Waals surface area (Å²) in [6.45, 7) is 4.13. The fourth-order valence-electron chi connectivity index (χ4n) is 2.25. The molecule has 2 aromatic heterocycles. The Morgan fingerprint density at radius 3 is 2.95 bits per heavy atom. The summed E-state index contributed by atoms with van der Waals surface area (Å²) >= 11 is 1.60. The highest BCUT2D eigenvalue weighted by molar-refractivity contribution is 7.15. The van der Waals surface area contributed by atoms with Crippen LogP contribution in [0.15, 0.2) is 35.8 Å². The second-order valence-electron chi connectivity index (χ2n) is 5.16. The molecule has 0 radical (unpaired) electrons. The largest absolute Gasteiger partial charge is 0.437 e. The second-order valence-corrected chi connectivity index (χ2v) is 6.03. The Hall–Kier alpha value is -1.85. The predicted molar refractivity (Wildman–Crippen MR) is 86.3 cm³/mol. The molecule has 0 aliphatic heterocycles. The van der Waals surface area contributed by atoms with Gasteiger partial charge < -0.3 is 10.5 Å². The van der Waals surface area contributed by atoms with Gasteiger partial charge in [-0.3, -0.25) is 4.40 Å². The number of ether oxygens (including phenoxy) is 1. The number of aryl methyl sites for hydroxylation is 1. The molecule has 1 atom stereocenters. The minimum absolute atomic E-state index is 0.115. The van der Waals surface area contributed by atoms with Gasteiger partial charge in [-0.1, -0.05) is 25.1 Å². The van der Waals surface area contributed by atoms with Crippen LogP contribution in [0.2, 0.25) is 0 Å². The smallest absolute Gasteiger partial charge is 0.242 e. The molecule has 0 aliphatic carbocycles. The molecule has 2 heterocycles. The average molecular weight is 301 g/mol. The molecular formula is C16H19N3OS. The third-order valence-corrected chi connectivity index (χ3v) is 4.36. The first kappa shape index (κ1) is 14.1. The molecular weight excluding hydrogens is 282 g/mol. The van der Waals surface area contributed by atoms with Crippen molar-refractivity contribution in [2.24, 2.45) is 5.73 Å². The summed E-state index contributed by atoms with van der Waals surface area (Å²) in [7, 11) is 0. The van der Waals surface area contributed by atoms with E-state index in [2.05, 4.69) is 16.3 Å². The van der Waals surface area contributed by atoms with E-state index in [9.17, 15) is 0 Å². The highest BCUT2D eigenvalue weighted by atomic mass is 32.1. The quantitative estimate of drug-likeness (QED) is 0.780. The molecule has 0 aliphatic rings. The Morgan fingerprint density at radius 2 is 2.19 bits per heavy atom. The molecule has 3 aromatic rings. The van der Waals surface area contributed by atoms with E-state index in [1.165, 1.54) is 0 Å². The van der Waals surface area contributed by atoms with Crippen molar-refractivity contribution in [3.05, 3.63) is 47.1 Å². The SMILES string of the molecule is CCC(N)Cc1c(Oc2ccccc2C)nc2sccn12. The molecule has 110 valence electrons. The van der Waals surface area contributed by atoms with E-state index >= 15 is 0 Å². The summed E-state index contributed by atoms with van der Waals surface area (Å²) < 4.78 is 8.13. The van der Waals surface area contributed by atoms with Crippen LogP contribution < -0.4 is 10.5 Å². The van der Waals surface area contributed by atoms with Gasteiger partial charge in [0, 0.05) is 24.0 Å². The fraction of sp³-hybridized carbons (Fsp3) is 0.312. The minimum atomic E-state index is 0.115. The zero-order valence-electron chi connectivity index (χ0n) is 12.2. The Bertz CT molecular complexity index is 747. The van der Waals surface area contributed by atoms with Crippen LogP contribution in [0.5, 0.6) is 11.6 Å². The number of imidazole rings is 1. The number of aromatic nitrogens is 2. The molecule has 0 saturated heterocycles. The van der Waals surface area contributed by atoms with Gasteiger partial charge in [-0.15, -0.1) is 11.3 Å². The number of nitrogens with two attached hydrogens (primary N) is 1. The van der Waals surface area contributed by atoms with Crippen LogP contribution >= 0.6 is 11.3 Å². The van der Waals surface area contributed by atoms with Gasteiger partial charge in [0.05, 0.1) is 5.69 Å². The van der Waals surface area contributed by atoms with Crippen LogP contribution in [0, 0.1) is 6.92 Å². The summed E-state index contributed by atoms with van der Waals surface area (Å²) in [4.78, 5) is 5.54. The maximum atomic E-state index is 6.12. The van der Waals surface area contributed by atoms with Crippen molar-refractivity contribution in [1.82, 2.24) is 9.38 Å². The molecule has 2 N–H and O–H groups in total. The first-order chi connectivity index (χ1) is 10.2. The number of nitrogens with zero attached hydrogens (tertiary/aromatic N) is 2. The Labute approximate surface area is 128 Å². The molecule has 0 bridgehead atoms. The first-order valence-electron chi connectivity index (χ1n) is 7.12. The summed E-state index contributed by atoms with van der Waals surface area (Å²) in [5.41, 5.74) is 8.26. The number of benzene rings is 1. The van der Waals surface area contributed by atoms with E-state index in [1.54, 1.807) is 11.3 Å². The van der Waals surface area contributed by atoms with Gasteiger partial charge in [-0.25, -0.2) is 0 Å². The number of hydrogen-bond acceptors (Lipinski definition) is 4. The molecule has 1 unspecified atom stereocenters. The molecule has 3 rings (SSSR count). The first-order valence-corrected chi connectivity index (χ1v) is 8.00. The van der Waals surface area contributed by atoms with Gasteiger partial charge in [0.2, 0.25) is 5.88 Å².